The zero-order chi connectivity index (χ0) is 18.0. The van der Waals surface area contributed by atoms with E-state index in [2.05, 4.69) is 0 Å². The highest BCUT2D eigenvalue weighted by Crippen LogP contribution is 2.22. The summed E-state index contributed by atoms with van der Waals surface area (Å²) in [5, 5.41) is 0. The molecular weight excluding hydrogens is 324 g/mol. The molecule has 26 heavy (non-hydrogen) atoms. The van der Waals surface area contributed by atoms with Crippen molar-refractivity contribution in [2.24, 2.45) is 0 Å². The number of benzene rings is 3. The van der Waals surface area contributed by atoms with Crippen molar-refractivity contribution in [2.45, 2.75) is 18.9 Å². The van der Waals surface area contributed by atoms with Crippen LogP contribution in [0, 0.1) is 0 Å². The van der Waals surface area contributed by atoms with Crippen LogP contribution in [-0.2, 0) is 16.1 Å². The maximum absolute atomic E-state index is 12.7. The Hall–Kier alpha value is -3.07. The summed E-state index contributed by atoms with van der Waals surface area (Å²) in [7, 11) is 0. The monoisotopic (exact) mass is 346 g/mol. The van der Waals surface area contributed by atoms with Gasteiger partial charge in [-0.05, 0) is 29.7 Å². The molecule has 0 aromatic heterocycles. The number of carbonyl (C=O) groups excluding carboxylic acids is 1. The van der Waals surface area contributed by atoms with Gasteiger partial charge in [0.1, 0.15) is 12.4 Å². The molecule has 0 bridgehead atoms. The molecule has 0 N–H and O–H groups in total. The molecule has 3 heteroatoms. The number of carbonyl (C=O) groups is 1. The quantitative estimate of drug-likeness (QED) is 0.540. The molecule has 3 aromatic rings. The summed E-state index contributed by atoms with van der Waals surface area (Å²) in [5.74, 6) is 0.234. The van der Waals surface area contributed by atoms with Crippen LogP contribution >= 0.6 is 0 Å². The van der Waals surface area contributed by atoms with Crippen molar-refractivity contribution in [3.8, 4) is 5.75 Å². The van der Waals surface area contributed by atoms with E-state index < -0.39 is 0 Å². The van der Waals surface area contributed by atoms with Crippen LogP contribution < -0.4 is 4.74 Å². The van der Waals surface area contributed by atoms with E-state index in [4.69, 9.17) is 9.47 Å². The molecule has 0 amide bonds. The minimum Gasteiger partial charge on any atom is -0.494 e. The van der Waals surface area contributed by atoms with Crippen LogP contribution in [0.3, 0.4) is 0 Å². The number of esters is 1. The van der Waals surface area contributed by atoms with Crippen molar-refractivity contribution in [2.75, 3.05) is 6.61 Å². The third-order valence-corrected chi connectivity index (χ3v) is 4.13. The molecular formula is C23H22O3. The first-order valence-electron chi connectivity index (χ1n) is 8.76. The van der Waals surface area contributed by atoms with Gasteiger partial charge in [-0.15, -0.1) is 0 Å². The van der Waals surface area contributed by atoms with Gasteiger partial charge in [-0.2, -0.15) is 0 Å². The second-order valence-electron chi connectivity index (χ2n) is 6.01. The van der Waals surface area contributed by atoms with Gasteiger partial charge in [-0.1, -0.05) is 78.9 Å². The molecule has 0 heterocycles. The molecule has 132 valence electrons. The molecule has 0 aliphatic carbocycles. The Morgan fingerprint density at radius 3 is 2.00 bits per heavy atom. The predicted octanol–water partition coefficient (Wildman–Crippen LogP) is 4.98. The fourth-order valence-electron chi connectivity index (χ4n) is 2.75. The molecule has 0 fully saturated rings. The average Bonchev–Trinajstić information content (AvgIpc) is 2.72. The van der Waals surface area contributed by atoms with E-state index in [0.717, 1.165) is 16.9 Å². The Morgan fingerprint density at radius 1 is 0.769 bits per heavy atom. The first-order valence-corrected chi connectivity index (χ1v) is 8.76. The molecule has 1 unspecified atom stereocenters. The van der Waals surface area contributed by atoms with Crippen LogP contribution in [0.1, 0.15) is 23.5 Å². The zero-order valence-electron chi connectivity index (χ0n) is 14.6. The lowest BCUT2D eigenvalue weighted by Gasteiger charge is -2.17. The van der Waals surface area contributed by atoms with Crippen molar-refractivity contribution in [1.29, 1.82) is 0 Å². The topological polar surface area (TPSA) is 35.5 Å². The highest BCUT2D eigenvalue weighted by molar-refractivity contribution is 5.78. The number of hydrogen-bond donors (Lipinski definition) is 0. The highest BCUT2D eigenvalue weighted by Gasteiger charge is 2.22. The molecule has 1 atom stereocenters. The molecule has 3 nitrogen and oxygen atoms in total. The normalized spacial score (nSPS) is 11.5. The Labute approximate surface area is 154 Å². The van der Waals surface area contributed by atoms with Crippen molar-refractivity contribution in [3.63, 3.8) is 0 Å². The largest absolute Gasteiger partial charge is 0.494 e. The van der Waals surface area contributed by atoms with Crippen LogP contribution in [-0.4, -0.2) is 12.6 Å². The summed E-state index contributed by atoms with van der Waals surface area (Å²) >= 11 is 0. The minimum atomic E-state index is -0.344. The van der Waals surface area contributed by atoms with Crippen molar-refractivity contribution in [1.82, 2.24) is 0 Å². The molecule has 0 spiro atoms. The molecule has 0 radical (unpaired) electrons. The Balaban J connectivity index is 1.62. The highest BCUT2D eigenvalue weighted by atomic mass is 16.5. The zero-order valence-corrected chi connectivity index (χ0v) is 14.6. The lowest BCUT2D eigenvalue weighted by atomic mass is 9.96. The van der Waals surface area contributed by atoms with Crippen LogP contribution in [0.15, 0.2) is 91.0 Å². The average molecular weight is 346 g/mol. The van der Waals surface area contributed by atoms with Gasteiger partial charge in [0, 0.05) is 0 Å². The third-order valence-electron chi connectivity index (χ3n) is 4.13. The lowest BCUT2D eigenvalue weighted by molar-refractivity contribution is -0.147. The summed E-state index contributed by atoms with van der Waals surface area (Å²) in [5.41, 5.74) is 1.93. The van der Waals surface area contributed by atoms with Gasteiger partial charge in [-0.3, -0.25) is 4.79 Å². The van der Waals surface area contributed by atoms with E-state index in [9.17, 15) is 4.79 Å². The number of para-hydroxylation sites is 1. The van der Waals surface area contributed by atoms with Crippen LogP contribution in [0.25, 0.3) is 0 Å². The second kappa shape index (κ2) is 9.42. The summed E-state index contributed by atoms with van der Waals surface area (Å²) < 4.78 is 11.3. The molecule has 0 aliphatic rings. The summed E-state index contributed by atoms with van der Waals surface area (Å²) in [4.78, 5) is 12.7. The van der Waals surface area contributed by atoms with E-state index in [-0.39, 0.29) is 18.5 Å². The fraction of sp³-hybridized carbons (Fsp3) is 0.174. The standard InChI is InChI=1S/C23H22O3/c24-23(26-18-19-10-4-1-5-11-19)22(20-12-6-2-7-13-20)16-17-25-21-14-8-3-9-15-21/h1-15,22H,16-18H2. The smallest absolute Gasteiger partial charge is 0.313 e. The fourth-order valence-corrected chi connectivity index (χ4v) is 2.75. The Bertz CT molecular complexity index is 785. The summed E-state index contributed by atoms with van der Waals surface area (Å²) in [6.45, 7) is 0.729. The summed E-state index contributed by atoms with van der Waals surface area (Å²) in [6, 6.07) is 29.1. The van der Waals surface area contributed by atoms with E-state index in [0.29, 0.717) is 13.0 Å². The number of ether oxygens (including phenoxy) is 2. The van der Waals surface area contributed by atoms with Crippen LogP contribution in [0.4, 0.5) is 0 Å². The van der Waals surface area contributed by atoms with Gasteiger partial charge < -0.3 is 9.47 Å². The molecule has 0 saturated heterocycles. The third kappa shape index (κ3) is 5.21. The van der Waals surface area contributed by atoms with Gasteiger partial charge in [0.05, 0.1) is 12.5 Å². The SMILES string of the molecule is O=C(OCc1ccccc1)C(CCOc1ccccc1)c1ccccc1. The number of hydrogen-bond acceptors (Lipinski definition) is 3. The van der Waals surface area contributed by atoms with Gasteiger partial charge >= 0.3 is 5.97 Å². The molecule has 3 aromatic carbocycles. The minimum absolute atomic E-state index is 0.225. The Kier molecular flexibility index (Phi) is 6.43. The van der Waals surface area contributed by atoms with Gasteiger partial charge in [0.25, 0.3) is 0 Å². The molecule has 0 saturated carbocycles. The maximum Gasteiger partial charge on any atom is 0.313 e. The van der Waals surface area contributed by atoms with Gasteiger partial charge in [0.2, 0.25) is 0 Å². The predicted molar refractivity (Wildman–Crippen MR) is 102 cm³/mol. The van der Waals surface area contributed by atoms with E-state index in [1.54, 1.807) is 0 Å². The van der Waals surface area contributed by atoms with Crippen molar-refractivity contribution >= 4 is 5.97 Å². The summed E-state index contributed by atoms with van der Waals surface area (Å²) in [6.07, 6.45) is 0.562. The maximum atomic E-state index is 12.7. The van der Waals surface area contributed by atoms with E-state index in [1.165, 1.54) is 0 Å². The van der Waals surface area contributed by atoms with Crippen LogP contribution in [0.5, 0.6) is 5.75 Å². The first kappa shape index (κ1) is 17.7. The van der Waals surface area contributed by atoms with E-state index >= 15 is 0 Å². The molecule has 3 rings (SSSR count). The molecule has 0 aliphatic heterocycles. The van der Waals surface area contributed by atoms with Gasteiger partial charge in [0.15, 0.2) is 0 Å². The van der Waals surface area contributed by atoms with Crippen LogP contribution in [0.2, 0.25) is 0 Å². The first-order chi connectivity index (χ1) is 12.8. The van der Waals surface area contributed by atoms with Crippen molar-refractivity contribution in [3.05, 3.63) is 102 Å². The Morgan fingerprint density at radius 2 is 1.35 bits per heavy atom. The van der Waals surface area contributed by atoms with Crippen molar-refractivity contribution < 1.29 is 14.3 Å². The number of rotatable bonds is 8. The second-order valence-corrected chi connectivity index (χ2v) is 6.01. The lowest BCUT2D eigenvalue weighted by Crippen LogP contribution is -2.18. The van der Waals surface area contributed by atoms with Gasteiger partial charge in [-0.25, -0.2) is 0 Å². The van der Waals surface area contributed by atoms with E-state index in [1.807, 2.05) is 91.0 Å².